The first kappa shape index (κ1) is 13.5. The summed E-state index contributed by atoms with van der Waals surface area (Å²) in [4.78, 5) is 11.6. The van der Waals surface area contributed by atoms with Crippen LogP contribution in [0.1, 0.15) is 52.9 Å². The Balaban J connectivity index is 2.19. The highest BCUT2D eigenvalue weighted by Gasteiger charge is 2.23. The van der Waals surface area contributed by atoms with Gasteiger partial charge in [0, 0.05) is 13.0 Å². The fraction of sp³-hybridized carbons (Fsp3) is 0.923. The summed E-state index contributed by atoms with van der Waals surface area (Å²) in [6, 6.07) is 0. The van der Waals surface area contributed by atoms with E-state index >= 15 is 0 Å². The Morgan fingerprint density at radius 3 is 2.44 bits per heavy atom. The fourth-order valence-electron chi connectivity index (χ4n) is 2.07. The molecule has 0 radical (unpaired) electrons. The maximum absolute atomic E-state index is 11.6. The zero-order valence-electron chi connectivity index (χ0n) is 10.8. The summed E-state index contributed by atoms with van der Waals surface area (Å²) in [5, 5.41) is 12.6. The number of hydrogen-bond donors (Lipinski definition) is 2. The number of amides is 1. The van der Waals surface area contributed by atoms with Crippen LogP contribution in [0.15, 0.2) is 0 Å². The largest absolute Gasteiger partial charge is 0.391 e. The minimum absolute atomic E-state index is 0.0928. The standard InChI is InChI=1S/C13H25NO2/c1-13(2,3)11(15)9-14-12(16)8-10-6-4-5-7-10/h10-11,15H,4-9H2,1-3H3,(H,14,16). The molecule has 0 aromatic rings. The summed E-state index contributed by atoms with van der Waals surface area (Å²) >= 11 is 0. The highest BCUT2D eigenvalue weighted by Crippen LogP contribution is 2.27. The number of nitrogens with one attached hydrogen (secondary N) is 1. The molecule has 0 spiro atoms. The number of rotatable bonds is 4. The van der Waals surface area contributed by atoms with Crippen molar-refractivity contribution in [2.45, 2.75) is 59.0 Å². The quantitative estimate of drug-likeness (QED) is 0.772. The van der Waals surface area contributed by atoms with Gasteiger partial charge in [0.25, 0.3) is 0 Å². The molecule has 3 heteroatoms. The van der Waals surface area contributed by atoms with Gasteiger partial charge in [-0.25, -0.2) is 0 Å². The maximum atomic E-state index is 11.6. The van der Waals surface area contributed by atoms with E-state index in [4.69, 9.17) is 0 Å². The molecule has 0 aromatic heterocycles. The van der Waals surface area contributed by atoms with Crippen molar-refractivity contribution >= 4 is 5.91 Å². The lowest BCUT2D eigenvalue weighted by atomic mass is 9.89. The molecule has 1 unspecified atom stereocenters. The van der Waals surface area contributed by atoms with E-state index < -0.39 is 6.10 Å². The molecule has 0 saturated heterocycles. The molecule has 1 aliphatic carbocycles. The number of aliphatic hydroxyl groups excluding tert-OH is 1. The SMILES string of the molecule is CC(C)(C)C(O)CNC(=O)CC1CCCC1. The van der Waals surface area contributed by atoms with Crippen molar-refractivity contribution in [3.63, 3.8) is 0 Å². The maximum Gasteiger partial charge on any atom is 0.220 e. The van der Waals surface area contributed by atoms with Crippen LogP contribution < -0.4 is 5.32 Å². The smallest absolute Gasteiger partial charge is 0.220 e. The van der Waals surface area contributed by atoms with Crippen molar-refractivity contribution < 1.29 is 9.90 Å². The fourth-order valence-corrected chi connectivity index (χ4v) is 2.07. The van der Waals surface area contributed by atoms with E-state index in [2.05, 4.69) is 5.32 Å². The Labute approximate surface area is 98.6 Å². The molecule has 1 rings (SSSR count). The summed E-state index contributed by atoms with van der Waals surface area (Å²) in [6.07, 6.45) is 5.08. The molecule has 3 nitrogen and oxygen atoms in total. The predicted molar refractivity (Wildman–Crippen MR) is 65.0 cm³/mol. The van der Waals surface area contributed by atoms with Gasteiger partial charge in [-0.1, -0.05) is 33.6 Å². The van der Waals surface area contributed by atoms with Crippen molar-refractivity contribution in [1.29, 1.82) is 0 Å². The summed E-state index contributed by atoms with van der Waals surface area (Å²) in [6.45, 7) is 6.29. The Morgan fingerprint density at radius 1 is 1.38 bits per heavy atom. The van der Waals surface area contributed by atoms with E-state index in [1.54, 1.807) is 0 Å². The predicted octanol–water partition coefficient (Wildman–Crippen LogP) is 2.09. The zero-order valence-corrected chi connectivity index (χ0v) is 10.8. The van der Waals surface area contributed by atoms with Gasteiger partial charge >= 0.3 is 0 Å². The Bertz CT molecular complexity index is 227. The molecule has 1 amide bonds. The molecular weight excluding hydrogens is 202 g/mol. The normalized spacial score (nSPS) is 19.8. The van der Waals surface area contributed by atoms with Crippen LogP contribution in [-0.4, -0.2) is 23.7 Å². The second-order valence-electron chi connectivity index (χ2n) is 6.04. The van der Waals surface area contributed by atoms with Gasteiger partial charge in [-0.05, 0) is 24.2 Å². The van der Waals surface area contributed by atoms with Gasteiger partial charge in [0.2, 0.25) is 5.91 Å². The molecule has 94 valence electrons. The monoisotopic (exact) mass is 227 g/mol. The second-order valence-corrected chi connectivity index (χ2v) is 6.04. The van der Waals surface area contributed by atoms with Crippen molar-refractivity contribution in [2.24, 2.45) is 11.3 Å². The number of aliphatic hydroxyl groups is 1. The van der Waals surface area contributed by atoms with Crippen molar-refractivity contribution in [3.8, 4) is 0 Å². The average molecular weight is 227 g/mol. The van der Waals surface area contributed by atoms with Gasteiger partial charge in [0.05, 0.1) is 6.10 Å². The number of hydrogen-bond acceptors (Lipinski definition) is 2. The topological polar surface area (TPSA) is 49.3 Å². The summed E-state index contributed by atoms with van der Waals surface area (Å²) in [7, 11) is 0. The number of carbonyl (C=O) groups excluding carboxylic acids is 1. The first-order chi connectivity index (χ1) is 7.39. The molecule has 0 aromatic carbocycles. The van der Waals surface area contributed by atoms with E-state index in [0.717, 1.165) is 0 Å². The molecule has 1 fully saturated rings. The van der Waals surface area contributed by atoms with Crippen molar-refractivity contribution in [1.82, 2.24) is 5.32 Å². The molecule has 0 aliphatic heterocycles. The Morgan fingerprint density at radius 2 is 1.94 bits per heavy atom. The van der Waals surface area contributed by atoms with Crippen LogP contribution in [0.2, 0.25) is 0 Å². The van der Waals surface area contributed by atoms with Crippen LogP contribution in [0.4, 0.5) is 0 Å². The Hall–Kier alpha value is -0.570. The van der Waals surface area contributed by atoms with Gasteiger partial charge in [0.1, 0.15) is 0 Å². The van der Waals surface area contributed by atoms with E-state index in [0.29, 0.717) is 18.9 Å². The van der Waals surface area contributed by atoms with Crippen LogP contribution >= 0.6 is 0 Å². The third-order valence-electron chi connectivity index (χ3n) is 3.44. The minimum atomic E-state index is -0.472. The first-order valence-corrected chi connectivity index (χ1v) is 6.34. The zero-order chi connectivity index (χ0) is 12.2. The van der Waals surface area contributed by atoms with Crippen LogP contribution in [0.5, 0.6) is 0 Å². The third-order valence-corrected chi connectivity index (χ3v) is 3.44. The summed E-state index contributed by atoms with van der Waals surface area (Å²) in [5.74, 6) is 0.668. The molecule has 16 heavy (non-hydrogen) atoms. The van der Waals surface area contributed by atoms with Crippen LogP contribution in [0.25, 0.3) is 0 Å². The van der Waals surface area contributed by atoms with Gasteiger partial charge in [-0.2, -0.15) is 0 Å². The molecule has 2 N–H and O–H groups in total. The van der Waals surface area contributed by atoms with Gasteiger partial charge < -0.3 is 10.4 Å². The van der Waals surface area contributed by atoms with E-state index in [1.807, 2.05) is 20.8 Å². The lowest BCUT2D eigenvalue weighted by Crippen LogP contribution is -2.39. The van der Waals surface area contributed by atoms with Crippen molar-refractivity contribution in [3.05, 3.63) is 0 Å². The highest BCUT2D eigenvalue weighted by molar-refractivity contribution is 5.76. The van der Waals surface area contributed by atoms with Gasteiger partial charge in [-0.3, -0.25) is 4.79 Å². The average Bonchev–Trinajstić information content (AvgIpc) is 2.65. The van der Waals surface area contributed by atoms with E-state index in [1.165, 1.54) is 25.7 Å². The number of carbonyl (C=O) groups is 1. The molecule has 1 saturated carbocycles. The van der Waals surface area contributed by atoms with Crippen LogP contribution in [-0.2, 0) is 4.79 Å². The van der Waals surface area contributed by atoms with Gasteiger partial charge in [0.15, 0.2) is 0 Å². The summed E-state index contributed by atoms with van der Waals surface area (Å²) in [5.41, 5.74) is -0.166. The van der Waals surface area contributed by atoms with Crippen LogP contribution in [0, 0.1) is 11.3 Å². The molecule has 1 aliphatic rings. The third kappa shape index (κ3) is 4.52. The van der Waals surface area contributed by atoms with Crippen LogP contribution in [0.3, 0.4) is 0 Å². The minimum Gasteiger partial charge on any atom is -0.391 e. The second kappa shape index (κ2) is 5.67. The summed E-state index contributed by atoms with van der Waals surface area (Å²) < 4.78 is 0. The molecule has 0 bridgehead atoms. The Kier molecular flexibility index (Phi) is 4.78. The lowest BCUT2D eigenvalue weighted by Gasteiger charge is -2.26. The van der Waals surface area contributed by atoms with E-state index in [9.17, 15) is 9.90 Å². The lowest BCUT2D eigenvalue weighted by molar-refractivity contribution is -0.122. The first-order valence-electron chi connectivity index (χ1n) is 6.34. The molecular formula is C13H25NO2. The highest BCUT2D eigenvalue weighted by atomic mass is 16.3. The molecule has 0 heterocycles. The van der Waals surface area contributed by atoms with Crippen molar-refractivity contribution in [2.75, 3.05) is 6.54 Å². The van der Waals surface area contributed by atoms with E-state index in [-0.39, 0.29) is 11.3 Å². The molecule has 1 atom stereocenters. The van der Waals surface area contributed by atoms with Gasteiger partial charge in [-0.15, -0.1) is 0 Å².